The fourth-order valence-corrected chi connectivity index (χ4v) is 3.69. The zero-order valence-corrected chi connectivity index (χ0v) is 17.5. The summed E-state index contributed by atoms with van der Waals surface area (Å²) in [7, 11) is 0. The molecule has 0 saturated heterocycles. The number of halogens is 1. The van der Waals surface area contributed by atoms with E-state index in [0.29, 0.717) is 10.8 Å². The number of phenols is 1. The van der Waals surface area contributed by atoms with Gasteiger partial charge in [0.05, 0.1) is 11.8 Å². The average molecular weight is 442 g/mol. The first-order valence-corrected chi connectivity index (χ1v) is 10.3. The van der Waals surface area contributed by atoms with Crippen LogP contribution in [-0.2, 0) is 0 Å². The zero-order valence-electron chi connectivity index (χ0n) is 16.8. The smallest absolute Gasteiger partial charge is 0.308 e. The Hall–Kier alpha value is -4.16. The maximum absolute atomic E-state index is 12.9. The van der Waals surface area contributed by atoms with Gasteiger partial charge in [-0.1, -0.05) is 82.0 Å². The lowest BCUT2D eigenvalue weighted by molar-refractivity contribution is -0.648. The molecule has 2 aliphatic rings. The molecule has 2 aliphatic heterocycles. The van der Waals surface area contributed by atoms with Crippen LogP contribution in [-0.4, -0.2) is 21.1 Å². The largest absolute Gasteiger partial charge is 0.506 e. The van der Waals surface area contributed by atoms with Crippen molar-refractivity contribution in [3.05, 3.63) is 102 Å². The van der Waals surface area contributed by atoms with Crippen LogP contribution in [0.2, 0.25) is 5.02 Å². The number of nitrogens with zero attached hydrogens (tertiary/aromatic N) is 2. The Labute approximate surface area is 189 Å². The number of carbonyl (C=O) groups excluding carboxylic acids is 1. The van der Waals surface area contributed by atoms with Gasteiger partial charge in [0.15, 0.2) is 11.4 Å². The van der Waals surface area contributed by atoms with Crippen LogP contribution >= 0.6 is 11.6 Å². The van der Waals surface area contributed by atoms with Gasteiger partial charge in [0.25, 0.3) is 5.91 Å². The topological polar surface area (TPSA) is 81.9 Å². The summed E-state index contributed by atoms with van der Waals surface area (Å²) in [5, 5.41) is 17.6. The molecule has 1 amide bonds. The van der Waals surface area contributed by atoms with Gasteiger partial charge in [-0.2, -0.15) is 0 Å². The number of hydrogen-bond acceptors (Lipinski definition) is 3. The number of aromatic nitrogens is 3. The Morgan fingerprint density at radius 1 is 0.906 bits per heavy atom. The lowest BCUT2D eigenvalue weighted by atomic mass is 10.1. The van der Waals surface area contributed by atoms with E-state index in [2.05, 4.69) is 15.4 Å². The number of phenolic OH excluding ortho intramolecular Hbond substituents is 1. The quantitative estimate of drug-likeness (QED) is 0.269. The second-order valence-electron chi connectivity index (χ2n) is 7.24. The van der Waals surface area contributed by atoms with Crippen LogP contribution in [0.15, 0.2) is 91.0 Å². The summed E-state index contributed by atoms with van der Waals surface area (Å²) in [5.74, 6) is 0.125. The second-order valence-corrected chi connectivity index (χ2v) is 7.68. The van der Waals surface area contributed by atoms with Gasteiger partial charge >= 0.3 is 5.82 Å². The highest BCUT2D eigenvalue weighted by molar-refractivity contribution is 6.31. The van der Waals surface area contributed by atoms with E-state index in [1.807, 2.05) is 66.7 Å². The predicted octanol–water partition coefficient (Wildman–Crippen LogP) is 5.07. The number of hydrogen-bond donors (Lipinski definition) is 3. The van der Waals surface area contributed by atoms with Gasteiger partial charge in [0, 0.05) is 22.2 Å². The first-order valence-electron chi connectivity index (χ1n) is 9.95. The van der Waals surface area contributed by atoms with Gasteiger partial charge < -0.3 is 10.4 Å². The van der Waals surface area contributed by atoms with E-state index in [4.69, 9.17) is 11.6 Å². The molecule has 3 aromatic rings. The van der Waals surface area contributed by atoms with Crippen LogP contribution in [0, 0.1) is 0 Å². The highest BCUT2D eigenvalue weighted by Gasteiger charge is 2.27. The molecule has 156 valence electrons. The summed E-state index contributed by atoms with van der Waals surface area (Å²) >= 11 is 5.99. The van der Waals surface area contributed by atoms with Crippen molar-refractivity contribution in [1.82, 2.24) is 10.1 Å². The average Bonchev–Trinajstić information content (AvgIpc) is 3.26. The van der Waals surface area contributed by atoms with E-state index in [1.54, 1.807) is 16.8 Å². The van der Waals surface area contributed by atoms with Gasteiger partial charge in [0.1, 0.15) is 11.4 Å². The van der Waals surface area contributed by atoms with Crippen molar-refractivity contribution in [3.63, 3.8) is 0 Å². The molecule has 7 heteroatoms. The molecule has 3 aromatic carbocycles. The van der Waals surface area contributed by atoms with Crippen LogP contribution in [0.4, 0.5) is 5.69 Å². The molecule has 32 heavy (non-hydrogen) atoms. The fraction of sp³-hybridized carbons (Fsp3) is 0. The Morgan fingerprint density at radius 2 is 1.59 bits per heavy atom. The summed E-state index contributed by atoms with van der Waals surface area (Å²) in [6.45, 7) is 0. The lowest BCUT2D eigenvalue weighted by Crippen LogP contribution is -2.37. The molecule has 0 atom stereocenters. The van der Waals surface area contributed by atoms with E-state index in [0.717, 1.165) is 22.5 Å². The Bertz CT molecular complexity index is 1380. The number of H-pyrrole nitrogens is 1. The summed E-state index contributed by atoms with van der Waals surface area (Å²) < 4.78 is 1.70. The minimum atomic E-state index is -0.458. The minimum Gasteiger partial charge on any atom is -0.506 e. The molecule has 5 rings (SSSR count). The molecule has 0 saturated carbocycles. The third-order valence-electron chi connectivity index (χ3n) is 5.08. The number of amides is 1. The highest BCUT2D eigenvalue weighted by Crippen LogP contribution is 2.28. The molecule has 0 unspecified atom stereocenters. The number of aromatic amines is 1. The van der Waals surface area contributed by atoms with Gasteiger partial charge in [-0.25, -0.2) is 4.98 Å². The van der Waals surface area contributed by atoms with Crippen molar-refractivity contribution in [2.45, 2.75) is 0 Å². The van der Waals surface area contributed by atoms with Crippen LogP contribution < -0.4 is 10.00 Å². The van der Waals surface area contributed by atoms with Crippen LogP contribution in [0.3, 0.4) is 0 Å². The maximum atomic E-state index is 12.9. The monoisotopic (exact) mass is 441 g/mol. The molecule has 6 nitrogen and oxygen atoms in total. The van der Waals surface area contributed by atoms with E-state index in [-0.39, 0.29) is 17.1 Å². The Balaban J connectivity index is 1.61. The third kappa shape index (κ3) is 3.79. The van der Waals surface area contributed by atoms with Gasteiger partial charge in [-0.15, -0.1) is 0 Å². The molecule has 0 radical (unpaired) electrons. The standard InChI is InChI=1S/C25H17ClN4O2/c26-18-11-12-23(31)20(13-18)28-25(32)21-15-24-27-19(16-7-3-1-4-8-16)14-22(30(24)29-21)17-9-5-2-6-10-17/h1-15H,(H2,28,29,31,32)/p+1. The molecule has 2 heterocycles. The SMILES string of the molecule is O=C(Nc1cc(Cl)ccc1O)c1cc2[nH]c(-c3ccccc3)cc(-c3ccccc3)[n+]-2n1. The highest BCUT2D eigenvalue weighted by atomic mass is 35.5. The number of benzene rings is 3. The Kier molecular flexibility index (Phi) is 5.05. The summed E-state index contributed by atoms with van der Waals surface area (Å²) in [6, 6.07) is 27.9. The lowest BCUT2D eigenvalue weighted by Gasteiger charge is -2.06. The van der Waals surface area contributed by atoms with Crippen LogP contribution in [0.5, 0.6) is 5.75 Å². The fourth-order valence-electron chi connectivity index (χ4n) is 3.52. The third-order valence-corrected chi connectivity index (χ3v) is 5.31. The molecule has 0 spiro atoms. The van der Waals surface area contributed by atoms with Crippen molar-refractivity contribution < 1.29 is 14.6 Å². The number of carbonyl (C=O) groups is 1. The minimum absolute atomic E-state index is 0.0746. The summed E-state index contributed by atoms with van der Waals surface area (Å²) in [5.41, 5.74) is 4.13. The second kappa shape index (κ2) is 8.17. The van der Waals surface area contributed by atoms with Gasteiger partial charge in [0.2, 0.25) is 0 Å². The molecule has 0 bridgehead atoms. The normalized spacial score (nSPS) is 10.9. The number of rotatable bonds is 4. The molecule has 0 aromatic heterocycles. The predicted molar refractivity (Wildman–Crippen MR) is 123 cm³/mol. The Morgan fingerprint density at radius 3 is 2.31 bits per heavy atom. The summed E-state index contributed by atoms with van der Waals surface area (Å²) in [6.07, 6.45) is 0. The van der Waals surface area contributed by atoms with Crippen LogP contribution in [0.1, 0.15) is 10.5 Å². The van der Waals surface area contributed by atoms with Gasteiger partial charge in [-0.3, -0.25) is 4.79 Å². The number of nitrogens with one attached hydrogen (secondary N) is 2. The van der Waals surface area contributed by atoms with Crippen LogP contribution in [0.25, 0.3) is 28.3 Å². The zero-order chi connectivity index (χ0) is 22.1. The molecule has 3 N–H and O–H groups in total. The van der Waals surface area contributed by atoms with Crippen molar-refractivity contribution in [1.29, 1.82) is 0 Å². The van der Waals surface area contributed by atoms with Crippen molar-refractivity contribution in [2.24, 2.45) is 0 Å². The van der Waals surface area contributed by atoms with E-state index >= 15 is 0 Å². The molecule has 0 fully saturated rings. The molecular weight excluding hydrogens is 424 g/mol. The van der Waals surface area contributed by atoms with E-state index in [9.17, 15) is 9.90 Å². The van der Waals surface area contributed by atoms with Crippen molar-refractivity contribution in [3.8, 4) is 34.1 Å². The van der Waals surface area contributed by atoms with Gasteiger partial charge in [-0.05, 0) is 18.2 Å². The van der Waals surface area contributed by atoms with Crippen molar-refractivity contribution in [2.75, 3.05) is 5.32 Å². The maximum Gasteiger partial charge on any atom is 0.308 e. The first-order chi connectivity index (χ1) is 15.6. The molecular formula is C25H18ClN4O2+. The number of anilines is 1. The summed E-state index contributed by atoms with van der Waals surface area (Å²) in [4.78, 5) is 16.3. The number of aromatic hydroxyl groups is 1. The van der Waals surface area contributed by atoms with E-state index < -0.39 is 5.91 Å². The molecule has 0 aliphatic carbocycles. The van der Waals surface area contributed by atoms with E-state index in [1.165, 1.54) is 12.1 Å². The first kappa shape index (κ1) is 19.8. The van der Waals surface area contributed by atoms with Crippen molar-refractivity contribution >= 4 is 23.2 Å². The number of fused-ring (bicyclic) bond motifs is 1.